The van der Waals surface area contributed by atoms with Gasteiger partial charge in [-0.25, -0.2) is 15.8 Å². The van der Waals surface area contributed by atoms with E-state index in [9.17, 15) is 4.79 Å². The van der Waals surface area contributed by atoms with Crippen molar-refractivity contribution in [1.29, 1.82) is 0 Å². The molecule has 2 aromatic rings. The molecular formula is C20H26N4OS. The number of hydrazine groups is 1. The van der Waals surface area contributed by atoms with Crippen molar-refractivity contribution in [3.63, 3.8) is 0 Å². The third-order valence-corrected chi connectivity index (χ3v) is 6.40. The molecule has 0 radical (unpaired) electrons. The normalized spacial score (nSPS) is 22.2. The van der Waals surface area contributed by atoms with Crippen molar-refractivity contribution in [3.8, 4) is 0 Å². The van der Waals surface area contributed by atoms with E-state index in [0.29, 0.717) is 6.54 Å². The molecule has 1 saturated heterocycles. The van der Waals surface area contributed by atoms with E-state index in [1.165, 1.54) is 40.4 Å². The lowest BCUT2D eigenvalue weighted by atomic mass is 10.0. The Hall–Kier alpha value is -1.76. The summed E-state index contributed by atoms with van der Waals surface area (Å²) >= 11 is 1.87. The second-order valence-electron chi connectivity index (χ2n) is 7.12. The Kier molecular flexibility index (Phi) is 5.62. The predicted molar refractivity (Wildman–Crippen MR) is 104 cm³/mol. The number of carbonyl (C=O) groups is 1. The third kappa shape index (κ3) is 4.14. The van der Waals surface area contributed by atoms with Crippen LogP contribution >= 0.6 is 11.3 Å². The Bertz CT molecular complexity index is 722. The first-order valence-corrected chi connectivity index (χ1v) is 10.4. The first kappa shape index (κ1) is 17.6. The number of amides is 1. The van der Waals surface area contributed by atoms with Gasteiger partial charge in [-0.15, -0.1) is 11.3 Å². The monoisotopic (exact) mass is 370 g/mol. The fourth-order valence-electron chi connectivity index (χ4n) is 3.72. The van der Waals surface area contributed by atoms with Crippen molar-refractivity contribution in [2.45, 2.75) is 57.0 Å². The standard InChI is InChI=1S/C20H26N4OS/c25-20(17-13-16(23-24-17)14-7-2-1-3-8-14)21-12-6-11-19-22-15-9-4-5-10-18(15)26-19/h1-3,7-8,16-17,23-24H,4-6,9-13H2,(H,21,25). The van der Waals surface area contributed by atoms with E-state index >= 15 is 0 Å². The number of fused-ring (bicyclic) bond motifs is 1. The molecule has 26 heavy (non-hydrogen) atoms. The molecule has 2 heterocycles. The van der Waals surface area contributed by atoms with E-state index < -0.39 is 0 Å². The quantitative estimate of drug-likeness (QED) is 0.684. The molecule has 1 amide bonds. The molecule has 1 aromatic heterocycles. The molecule has 0 spiro atoms. The van der Waals surface area contributed by atoms with Crippen LogP contribution < -0.4 is 16.2 Å². The van der Waals surface area contributed by atoms with Gasteiger partial charge < -0.3 is 5.32 Å². The van der Waals surface area contributed by atoms with E-state index in [2.05, 4.69) is 28.3 Å². The smallest absolute Gasteiger partial charge is 0.238 e. The van der Waals surface area contributed by atoms with Crippen molar-refractivity contribution >= 4 is 17.2 Å². The first-order valence-electron chi connectivity index (χ1n) is 9.61. The summed E-state index contributed by atoms with van der Waals surface area (Å²) in [6.07, 6.45) is 7.60. The van der Waals surface area contributed by atoms with Crippen LogP contribution in [-0.2, 0) is 24.1 Å². The summed E-state index contributed by atoms with van der Waals surface area (Å²) in [4.78, 5) is 18.6. The molecule has 2 atom stereocenters. The maximum absolute atomic E-state index is 12.4. The number of nitrogens with one attached hydrogen (secondary N) is 3. The topological polar surface area (TPSA) is 66.0 Å². The maximum atomic E-state index is 12.4. The SMILES string of the molecule is O=C(NCCCc1nc2c(s1)CCCC2)C1CC(c2ccccc2)NN1. The number of hydrogen-bond donors (Lipinski definition) is 3. The van der Waals surface area contributed by atoms with Crippen LogP contribution in [0.3, 0.4) is 0 Å². The Labute approximate surface area is 158 Å². The summed E-state index contributed by atoms with van der Waals surface area (Å²) in [6.45, 7) is 0.706. The summed E-state index contributed by atoms with van der Waals surface area (Å²) in [5.41, 5.74) is 8.89. The average Bonchev–Trinajstić information content (AvgIpc) is 3.32. The van der Waals surface area contributed by atoms with Crippen molar-refractivity contribution in [2.75, 3.05) is 6.54 Å². The van der Waals surface area contributed by atoms with E-state index in [1.807, 2.05) is 29.5 Å². The first-order chi connectivity index (χ1) is 12.8. The van der Waals surface area contributed by atoms with Gasteiger partial charge in [-0.2, -0.15) is 0 Å². The molecule has 1 aliphatic heterocycles. The number of carbonyl (C=O) groups excluding carboxylic acids is 1. The van der Waals surface area contributed by atoms with E-state index in [1.54, 1.807) is 0 Å². The molecule has 3 N–H and O–H groups in total. The van der Waals surface area contributed by atoms with Gasteiger partial charge in [0.15, 0.2) is 0 Å². The molecule has 138 valence electrons. The van der Waals surface area contributed by atoms with Gasteiger partial charge in [0.25, 0.3) is 0 Å². The van der Waals surface area contributed by atoms with Gasteiger partial charge in [0.2, 0.25) is 5.91 Å². The van der Waals surface area contributed by atoms with Crippen LogP contribution in [0.2, 0.25) is 0 Å². The van der Waals surface area contributed by atoms with Gasteiger partial charge in [-0.05, 0) is 44.1 Å². The number of nitrogens with zero attached hydrogens (tertiary/aromatic N) is 1. The van der Waals surface area contributed by atoms with Crippen molar-refractivity contribution in [2.24, 2.45) is 0 Å². The lowest BCUT2D eigenvalue weighted by Crippen LogP contribution is -2.43. The number of hydrogen-bond acceptors (Lipinski definition) is 5. The highest BCUT2D eigenvalue weighted by Gasteiger charge is 2.29. The molecule has 1 aliphatic carbocycles. The molecule has 6 heteroatoms. The summed E-state index contributed by atoms with van der Waals surface area (Å²) in [5, 5.41) is 4.30. The van der Waals surface area contributed by atoms with Crippen LogP contribution in [0.5, 0.6) is 0 Å². The summed E-state index contributed by atoms with van der Waals surface area (Å²) < 4.78 is 0. The Morgan fingerprint density at radius 2 is 2.04 bits per heavy atom. The number of thiazole rings is 1. The summed E-state index contributed by atoms with van der Waals surface area (Å²) in [7, 11) is 0. The van der Waals surface area contributed by atoms with Gasteiger partial charge in [0, 0.05) is 23.9 Å². The van der Waals surface area contributed by atoms with Crippen molar-refractivity contribution < 1.29 is 4.79 Å². The third-order valence-electron chi connectivity index (χ3n) is 5.18. The van der Waals surface area contributed by atoms with Crippen LogP contribution in [0, 0.1) is 0 Å². The Morgan fingerprint density at radius 3 is 2.88 bits per heavy atom. The van der Waals surface area contributed by atoms with Gasteiger partial charge in [-0.3, -0.25) is 4.79 Å². The number of rotatable bonds is 6. The van der Waals surface area contributed by atoms with Gasteiger partial charge in [-0.1, -0.05) is 30.3 Å². The second kappa shape index (κ2) is 8.29. The minimum atomic E-state index is -0.174. The number of aryl methyl sites for hydroxylation is 3. The summed E-state index contributed by atoms with van der Waals surface area (Å²) in [5.74, 6) is 0.0781. The highest BCUT2D eigenvalue weighted by Crippen LogP contribution is 2.27. The van der Waals surface area contributed by atoms with Crippen LogP contribution in [0.4, 0.5) is 0 Å². The molecule has 1 fully saturated rings. The maximum Gasteiger partial charge on any atom is 0.238 e. The van der Waals surface area contributed by atoms with E-state index in [-0.39, 0.29) is 18.0 Å². The molecule has 0 bridgehead atoms. The molecule has 1 aromatic carbocycles. The fourth-order valence-corrected chi connectivity index (χ4v) is 4.92. The minimum Gasteiger partial charge on any atom is -0.355 e. The predicted octanol–water partition coefficient (Wildman–Crippen LogP) is 2.68. The molecule has 2 unspecified atom stereocenters. The fraction of sp³-hybridized carbons (Fsp3) is 0.500. The van der Waals surface area contributed by atoms with Crippen LogP contribution in [0.1, 0.15) is 52.9 Å². The Morgan fingerprint density at radius 1 is 1.19 bits per heavy atom. The molecule has 5 nitrogen and oxygen atoms in total. The average molecular weight is 371 g/mol. The zero-order valence-electron chi connectivity index (χ0n) is 15.0. The minimum absolute atomic E-state index is 0.0781. The van der Waals surface area contributed by atoms with Crippen LogP contribution in [0.25, 0.3) is 0 Å². The second-order valence-corrected chi connectivity index (χ2v) is 8.29. The van der Waals surface area contributed by atoms with Crippen molar-refractivity contribution in [3.05, 3.63) is 51.5 Å². The zero-order chi connectivity index (χ0) is 17.8. The lowest BCUT2D eigenvalue weighted by molar-refractivity contribution is -0.122. The molecular weight excluding hydrogens is 344 g/mol. The van der Waals surface area contributed by atoms with E-state index in [0.717, 1.165) is 25.7 Å². The van der Waals surface area contributed by atoms with Crippen LogP contribution in [-0.4, -0.2) is 23.5 Å². The highest BCUT2D eigenvalue weighted by atomic mass is 32.1. The van der Waals surface area contributed by atoms with Gasteiger partial charge >= 0.3 is 0 Å². The molecule has 4 rings (SSSR count). The van der Waals surface area contributed by atoms with Gasteiger partial charge in [0.05, 0.1) is 10.7 Å². The zero-order valence-corrected chi connectivity index (χ0v) is 15.8. The van der Waals surface area contributed by atoms with Gasteiger partial charge in [0.1, 0.15) is 6.04 Å². The number of benzene rings is 1. The molecule has 0 saturated carbocycles. The molecule has 2 aliphatic rings. The van der Waals surface area contributed by atoms with Crippen molar-refractivity contribution in [1.82, 2.24) is 21.2 Å². The Balaban J connectivity index is 1.19. The highest BCUT2D eigenvalue weighted by molar-refractivity contribution is 7.11. The lowest BCUT2D eigenvalue weighted by Gasteiger charge is -2.10. The number of aromatic nitrogens is 1. The van der Waals surface area contributed by atoms with Crippen LogP contribution in [0.15, 0.2) is 30.3 Å². The largest absolute Gasteiger partial charge is 0.355 e. The van der Waals surface area contributed by atoms with E-state index in [4.69, 9.17) is 4.98 Å². The summed E-state index contributed by atoms with van der Waals surface area (Å²) in [6, 6.07) is 10.3.